The Balaban J connectivity index is 2.03. The minimum atomic E-state index is 0.294. The number of hydrogen-bond acceptors (Lipinski definition) is 4. The van der Waals surface area contributed by atoms with E-state index in [2.05, 4.69) is 4.98 Å². The number of ether oxygens (including phenoxy) is 2. The first kappa shape index (κ1) is 10.9. The zero-order valence-corrected chi connectivity index (χ0v) is 10.8. The van der Waals surface area contributed by atoms with E-state index in [0.717, 1.165) is 32.6 Å². The lowest BCUT2D eigenvalue weighted by atomic mass is 10.2. The largest absolute Gasteiger partial charge is 0.454 e. The highest BCUT2D eigenvalue weighted by atomic mass is 35.5. The summed E-state index contributed by atoms with van der Waals surface area (Å²) in [6.45, 7) is 2.27. The Morgan fingerprint density at radius 2 is 2.18 bits per heavy atom. The van der Waals surface area contributed by atoms with Gasteiger partial charge in [0.05, 0.1) is 11.6 Å². The van der Waals surface area contributed by atoms with Crippen molar-refractivity contribution in [3.8, 4) is 22.1 Å². The number of thiazole rings is 1. The molecule has 0 atom stereocenters. The standard InChI is InChI=1S/C12H10ClNO2S/c1-7-11(5-13)17-12(14-7)8-2-3-9-10(4-8)16-6-15-9/h2-4H,5-6H2,1H3. The fourth-order valence-corrected chi connectivity index (χ4v) is 2.97. The molecular formula is C12H10ClNO2S. The summed E-state index contributed by atoms with van der Waals surface area (Å²) in [6, 6.07) is 5.86. The summed E-state index contributed by atoms with van der Waals surface area (Å²) in [7, 11) is 0. The molecule has 0 radical (unpaired) electrons. The minimum absolute atomic E-state index is 0.294. The monoisotopic (exact) mass is 267 g/mol. The van der Waals surface area contributed by atoms with Crippen LogP contribution >= 0.6 is 22.9 Å². The van der Waals surface area contributed by atoms with Crippen molar-refractivity contribution in [3.63, 3.8) is 0 Å². The first-order valence-electron chi connectivity index (χ1n) is 5.20. The summed E-state index contributed by atoms with van der Waals surface area (Å²) in [4.78, 5) is 5.63. The molecule has 1 aromatic heterocycles. The maximum absolute atomic E-state index is 5.85. The molecule has 0 N–H and O–H groups in total. The summed E-state index contributed by atoms with van der Waals surface area (Å²) >= 11 is 7.47. The lowest BCUT2D eigenvalue weighted by Gasteiger charge is -1.98. The highest BCUT2D eigenvalue weighted by Crippen LogP contribution is 2.37. The van der Waals surface area contributed by atoms with Gasteiger partial charge in [0.2, 0.25) is 6.79 Å². The van der Waals surface area contributed by atoms with E-state index in [4.69, 9.17) is 21.1 Å². The van der Waals surface area contributed by atoms with Gasteiger partial charge in [-0.15, -0.1) is 22.9 Å². The Morgan fingerprint density at radius 1 is 1.35 bits per heavy atom. The van der Waals surface area contributed by atoms with Crippen LogP contribution in [0.3, 0.4) is 0 Å². The molecule has 2 aromatic rings. The summed E-state index contributed by atoms with van der Waals surface area (Å²) < 4.78 is 10.6. The molecule has 2 heterocycles. The third-order valence-electron chi connectivity index (χ3n) is 2.63. The summed E-state index contributed by atoms with van der Waals surface area (Å²) in [5.41, 5.74) is 2.04. The molecule has 0 aliphatic carbocycles. The van der Waals surface area contributed by atoms with E-state index in [1.165, 1.54) is 0 Å². The average Bonchev–Trinajstić information content (AvgIpc) is 2.93. The third kappa shape index (κ3) is 1.87. The molecule has 0 saturated heterocycles. The fraction of sp³-hybridized carbons (Fsp3) is 0.250. The van der Waals surface area contributed by atoms with Crippen molar-refractivity contribution in [1.29, 1.82) is 0 Å². The molecule has 0 unspecified atom stereocenters. The van der Waals surface area contributed by atoms with E-state index in [1.807, 2.05) is 25.1 Å². The van der Waals surface area contributed by atoms with Gasteiger partial charge >= 0.3 is 0 Å². The summed E-state index contributed by atoms with van der Waals surface area (Å²) in [5, 5.41) is 0.969. The van der Waals surface area contributed by atoms with Crippen LogP contribution in [0.1, 0.15) is 10.6 Å². The number of rotatable bonds is 2. The van der Waals surface area contributed by atoms with Gasteiger partial charge in [0.25, 0.3) is 0 Å². The van der Waals surface area contributed by atoms with E-state index < -0.39 is 0 Å². The van der Waals surface area contributed by atoms with Crippen LogP contribution < -0.4 is 9.47 Å². The van der Waals surface area contributed by atoms with Gasteiger partial charge < -0.3 is 9.47 Å². The average molecular weight is 268 g/mol. The van der Waals surface area contributed by atoms with Gasteiger partial charge in [0.15, 0.2) is 11.5 Å². The molecule has 0 bridgehead atoms. The van der Waals surface area contributed by atoms with E-state index in [1.54, 1.807) is 11.3 Å². The van der Waals surface area contributed by atoms with Crippen molar-refractivity contribution >= 4 is 22.9 Å². The Labute approximate surface area is 108 Å². The number of aromatic nitrogens is 1. The molecule has 0 saturated carbocycles. The second-order valence-electron chi connectivity index (χ2n) is 3.73. The molecule has 17 heavy (non-hydrogen) atoms. The predicted molar refractivity (Wildman–Crippen MR) is 68.0 cm³/mol. The van der Waals surface area contributed by atoms with Crippen LogP contribution in [0, 0.1) is 6.92 Å². The molecule has 1 aliphatic rings. The number of benzene rings is 1. The molecule has 5 heteroatoms. The first-order valence-corrected chi connectivity index (χ1v) is 6.55. The third-order valence-corrected chi connectivity index (χ3v) is 4.27. The van der Waals surface area contributed by atoms with Crippen molar-refractivity contribution in [2.75, 3.05) is 6.79 Å². The Bertz CT molecular complexity index is 568. The second-order valence-corrected chi connectivity index (χ2v) is 5.08. The van der Waals surface area contributed by atoms with Crippen LogP contribution in [0.4, 0.5) is 0 Å². The van der Waals surface area contributed by atoms with Crippen LogP contribution in [-0.2, 0) is 5.88 Å². The summed E-state index contributed by atoms with van der Waals surface area (Å²) in [6.07, 6.45) is 0. The Morgan fingerprint density at radius 3 is 2.94 bits per heavy atom. The maximum atomic E-state index is 5.85. The molecule has 3 rings (SSSR count). The normalized spacial score (nSPS) is 13.1. The van der Waals surface area contributed by atoms with Crippen molar-refractivity contribution in [2.45, 2.75) is 12.8 Å². The van der Waals surface area contributed by atoms with Crippen LogP contribution in [0.25, 0.3) is 10.6 Å². The lowest BCUT2D eigenvalue weighted by Crippen LogP contribution is -1.92. The predicted octanol–water partition coefficient (Wildman–Crippen LogP) is 3.59. The number of halogens is 1. The van der Waals surface area contributed by atoms with Crippen LogP contribution in [-0.4, -0.2) is 11.8 Å². The molecule has 0 amide bonds. The zero-order chi connectivity index (χ0) is 11.8. The SMILES string of the molecule is Cc1nc(-c2ccc3c(c2)OCO3)sc1CCl. The minimum Gasteiger partial charge on any atom is -0.454 e. The van der Waals surface area contributed by atoms with Crippen LogP contribution in [0.2, 0.25) is 0 Å². The van der Waals surface area contributed by atoms with E-state index >= 15 is 0 Å². The highest BCUT2D eigenvalue weighted by molar-refractivity contribution is 7.15. The molecule has 1 aliphatic heterocycles. The van der Waals surface area contributed by atoms with Crippen molar-refractivity contribution in [2.24, 2.45) is 0 Å². The quantitative estimate of drug-likeness (QED) is 0.780. The number of fused-ring (bicyclic) bond motifs is 1. The van der Waals surface area contributed by atoms with Crippen molar-refractivity contribution in [3.05, 3.63) is 28.8 Å². The van der Waals surface area contributed by atoms with Gasteiger partial charge in [-0.3, -0.25) is 0 Å². The highest BCUT2D eigenvalue weighted by Gasteiger charge is 2.16. The van der Waals surface area contributed by atoms with Gasteiger partial charge in [-0.25, -0.2) is 4.98 Å². The molecule has 1 aromatic carbocycles. The maximum Gasteiger partial charge on any atom is 0.231 e. The zero-order valence-electron chi connectivity index (χ0n) is 9.20. The molecule has 0 fully saturated rings. The first-order chi connectivity index (χ1) is 8.28. The number of aryl methyl sites for hydroxylation is 1. The number of nitrogens with zero attached hydrogens (tertiary/aromatic N) is 1. The van der Waals surface area contributed by atoms with Crippen LogP contribution in [0.15, 0.2) is 18.2 Å². The van der Waals surface area contributed by atoms with E-state index in [9.17, 15) is 0 Å². The van der Waals surface area contributed by atoms with Crippen molar-refractivity contribution in [1.82, 2.24) is 4.98 Å². The molecule has 88 valence electrons. The van der Waals surface area contributed by atoms with Gasteiger partial charge in [-0.05, 0) is 25.1 Å². The van der Waals surface area contributed by atoms with Gasteiger partial charge in [-0.1, -0.05) is 0 Å². The molecular weight excluding hydrogens is 258 g/mol. The fourth-order valence-electron chi connectivity index (χ4n) is 1.71. The van der Waals surface area contributed by atoms with Gasteiger partial charge in [0.1, 0.15) is 5.01 Å². The smallest absolute Gasteiger partial charge is 0.231 e. The second kappa shape index (κ2) is 4.20. The summed E-state index contributed by atoms with van der Waals surface area (Å²) in [5.74, 6) is 2.08. The van der Waals surface area contributed by atoms with E-state index in [-0.39, 0.29) is 0 Å². The number of hydrogen-bond donors (Lipinski definition) is 0. The van der Waals surface area contributed by atoms with Gasteiger partial charge in [-0.2, -0.15) is 0 Å². The topological polar surface area (TPSA) is 31.4 Å². The molecule has 0 spiro atoms. The number of alkyl halides is 1. The molecule has 3 nitrogen and oxygen atoms in total. The lowest BCUT2D eigenvalue weighted by molar-refractivity contribution is 0.174. The Kier molecular flexibility index (Phi) is 2.68. The van der Waals surface area contributed by atoms with Gasteiger partial charge in [0, 0.05) is 10.4 Å². The van der Waals surface area contributed by atoms with Crippen molar-refractivity contribution < 1.29 is 9.47 Å². The van der Waals surface area contributed by atoms with E-state index in [0.29, 0.717) is 12.7 Å². The Hall–Kier alpha value is -1.26. The van der Waals surface area contributed by atoms with Crippen LogP contribution in [0.5, 0.6) is 11.5 Å².